The summed E-state index contributed by atoms with van der Waals surface area (Å²) >= 11 is 1.49. The summed E-state index contributed by atoms with van der Waals surface area (Å²) in [6, 6.07) is 26.7. The maximum Gasteiger partial charge on any atom is 0.330 e. The first-order chi connectivity index (χ1) is 17.0. The van der Waals surface area contributed by atoms with Crippen molar-refractivity contribution in [3.63, 3.8) is 0 Å². The Bertz CT molecular complexity index is 1460. The van der Waals surface area contributed by atoms with E-state index in [4.69, 9.17) is 5.73 Å². The topological polar surface area (TPSA) is 101 Å². The molecular weight excluding hydrogens is 460 g/mol. The Morgan fingerprint density at radius 3 is 2.26 bits per heavy atom. The predicted molar refractivity (Wildman–Crippen MR) is 139 cm³/mol. The number of rotatable bonds is 6. The zero-order valence-corrected chi connectivity index (χ0v) is 19.7. The molecule has 176 valence electrons. The van der Waals surface area contributed by atoms with Gasteiger partial charge in [-0.25, -0.2) is 4.79 Å². The highest BCUT2D eigenvalue weighted by Crippen LogP contribution is 2.38. The molecule has 0 bridgehead atoms. The third-order valence-corrected chi connectivity index (χ3v) is 7.34. The molecule has 1 amide bonds. The fourth-order valence-electron chi connectivity index (χ4n) is 4.29. The highest BCUT2D eigenvalue weighted by atomic mass is 32.2. The smallest absolute Gasteiger partial charge is 0.330 e. The van der Waals surface area contributed by atoms with Gasteiger partial charge < -0.3 is 5.73 Å². The zero-order chi connectivity index (χ0) is 24.4. The summed E-state index contributed by atoms with van der Waals surface area (Å²) in [4.78, 5) is 44.5. The van der Waals surface area contributed by atoms with E-state index in [0.717, 1.165) is 21.6 Å². The van der Waals surface area contributed by atoms with Gasteiger partial charge in [-0.2, -0.15) is 0 Å². The quantitative estimate of drug-likeness (QED) is 0.437. The van der Waals surface area contributed by atoms with Crippen LogP contribution in [0.25, 0.3) is 0 Å². The molecule has 35 heavy (non-hydrogen) atoms. The van der Waals surface area contributed by atoms with Crippen molar-refractivity contribution in [1.29, 1.82) is 0 Å². The number of amides is 1. The lowest BCUT2D eigenvalue weighted by Crippen LogP contribution is -2.44. The number of nitrogens with zero attached hydrogens (tertiary/aromatic N) is 2. The van der Waals surface area contributed by atoms with Crippen LogP contribution in [0.3, 0.4) is 0 Å². The summed E-state index contributed by atoms with van der Waals surface area (Å²) in [5.41, 5.74) is 7.95. The van der Waals surface area contributed by atoms with Crippen LogP contribution in [-0.4, -0.2) is 20.7 Å². The molecule has 0 saturated heterocycles. The van der Waals surface area contributed by atoms with Gasteiger partial charge in [0.15, 0.2) is 5.69 Å². The molecule has 7 nitrogen and oxygen atoms in total. The van der Waals surface area contributed by atoms with Gasteiger partial charge in [-0.05, 0) is 29.2 Å². The number of fused-ring (bicyclic) bond motifs is 1. The zero-order valence-electron chi connectivity index (χ0n) is 18.9. The number of benzene rings is 3. The molecule has 4 aromatic rings. The summed E-state index contributed by atoms with van der Waals surface area (Å²) in [6.45, 7) is 0.330. The molecule has 1 unspecified atom stereocenters. The molecule has 1 aliphatic rings. The van der Waals surface area contributed by atoms with Crippen molar-refractivity contribution in [1.82, 2.24) is 9.55 Å². The van der Waals surface area contributed by atoms with E-state index in [1.807, 2.05) is 84.9 Å². The van der Waals surface area contributed by atoms with Gasteiger partial charge in [-0.1, -0.05) is 78.9 Å². The summed E-state index contributed by atoms with van der Waals surface area (Å²) in [7, 11) is 0. The second-order valence-corrected chi connectivity index (χ2v) is 9.64. The number of aromatic nitrogens is 2. The van der Waals surface area contributed by atoms with Crippen molar-refractivity contribution < 1.29 is 4.79 Å². The number of thioether (sulfide) groups is 1. The van der Waals surface area contributed by atoms with Gasteiger partial charge >= 0.3 is 5.69 Å². The number of nitrogen functional groups attached to an aromatic ring is 1. The van der Waals surface area contributed by atoms with Gasteiger partial charge in [-0.3, -0.25) is 24.0 Å². The van der Waals surface area contributed by atoms with Gasteiger partial charge in [0, 0.05) is 4.90 Å². The van der Waals surface area contributed by atoms with Gasteiger partial charge in [0.1, 0.15) is 5.82 Å². The maximum absolute atomic E-state index is 13.9. The number of anilines is 2. The lowest BCUT2D eigenvalue weighted by molar-refractivity contribution is -0.118. The van der Waals surface area contributed by atoms with Crippen LogP contribution in [0.15, 0.2) is 99.4 Å². The Morgan fingerprint density at radius 2 is 1.57 bits per heavy atom. The Morgan fingerprint density at radius 1 is 0.943 bits per heavy atom. The van der Waals surface area contributed by atoms with E-state index in [1.54, 1.807) is 0 Å². The molecule has 0 spiro atoms. The molecular formula is C27H24N4O3S. The lowest BCUT2D eigenvalue weighted by Gasteiger charge is -2.27. The van der Waals surface area contributed by atoms with Crippen molar-refractivity contribution >= 4 is 29.2 Å². The van der Waals surface area contributed by atoms with Crippen molar-refractivity contribution in [2.24, 2.45) is 0 Å². The summed E-state index contributed by atoms with van der Waals surface area (Å²) in [6.07, 6.45) is 0.562. The largest absolute Gasteiger partial charge is 0.383 e. The third kappa shape index (κ3) is 4.65. The van der Waals surface area contributed by atoms with Crippen LogP contribution in [0.2, 0.25) is 0 Å². The minimum Gasteiger partial charge on any atom is -0.383 e. The predicted octanol–water partition coefficient (Wildman–Crippen LogP) is 3.42. The number of nitrogens with one attached hydrogen (secondary N) is 1. The second-order valence-electron chi connectivity index (χ2n) is 8.39. The molecule has 1 atom stereocenters. The number of nitrogens with two attached hydrogens (primary N) is 1. The fraction of sp³-hybridized carbons (Fsp3) is 0.148. The van der Waals surface area contributed by atoms with E-state index < -0.39 is 16.5 Å². The van der Waals surface area contributed by atoms with E-state index >= 15 is 0 Å². The molecule has 1 aliphatic heterocycles. The van der Waals surface area contributed by atoms with Crippen LogP contribution in [0.1, 0.15) is 16.7 Å². The van der Waals surface area contributed by atoms with Gasteiger partial charge in [0.05, 0.1) is 18.3 Å². The van der Waals surface area contributed by atoms with Gasteiger partial charge in [0.25, 0.3) is 5.56 Å². The monoisotopic (exact) mass is 484 g/mol. The normalized spacial score (nSPS) is 14.5. The van der Waals surface area contributed by atoms with Crippen LogP contribution in [0, 0.1) is 0 Å². The molecule has 3 aromatic carbocycles. The highest BCUT2D eigenvalue weighted by molar-refractivity contribution is 8.01. The van der Waals surface area contributed by atoms with E-state index in [-0.39, 0.29) is 30.5 Å². The number of H-pyrrole nitrogens is 1. The minimum atomic E-state index is -0.679. The van der Waals surface area contributed by atoms with Crippen LogP contribution in [-0.2, 0) is 24.3 Å². The molecule has 8 heteroatoms. The third-order valence-electron chi connectivity index (χ3n) is 6.04. The Hall–Kier alpha value is -4.04. The summed E-state index contributed by atoms with van der Waals surface area (Å²) in [5, 5.41) is -0.399. The average Bonchev–Trinajstić information content (AvgIpc) is 3.31. The summed E-state index contributed by atoms with van der Waals surface area (Å²) < 4.78 is 1.30. The van der Waals surface area contributed by atoms with Gasteiger partial charge in [-0.15, -0.1) is 11.8 Å². The maximum atomic E-state index is 13.9. The van der Waals surface area contributed by atoms with E-state index in [2.05, 4.69) is 4.98 Å². The second kappa shape index (κ2) is 9.68. The van der Waals surface area contributed by atoms with E-state index in [1.165, 1.54) is 21.2 Å². The first-order valence-corrected chi connectivity index (χ1v) is 12.2. The lowest BCUT2D eigenvalue weighted by atomic mass is 10.1. The number of hydrogen-bond donors (Lipinski definition) is 2. The van der Waals surface area contributed by atoms with Gasteiger partial charge in [0.2, 0.25) is 5.91 Å². The molecule has 3 N–H and O–H groups in total. The average molecular weight is 485 g/mol. The summed E-state index contributed by atoms with van der Waals surface area (Å²) in [5.74, 6) is -0.260. The van der Waals surface area contributed by atoms with E-state index in [9.17, 15) is 14.4 Å². The Kier molecular flexibility index (Phi) is 6.29. The van der Waals surface area contributed by atoms with Crippen molar-refractivity contribution in [2.75, 3.05) is 10.6 Å². The minimum absolute atomic E-state index is 0.00839. The SMILES string of the molecule is Nc1c(N(Cc2ccccc2)C(=O)C2Cc3ccccc3S2)c(=O)[nH]c(=O)n1Cc1ccccc1. The Labute approximate surface area is 206 Å². The number of carbonyl (C=O) groups excluding carboxylic acids is 1. The molecule has 0 fully saturated rings. The fourth-order valence-corrected chi connectivity index (χ4v) is 5.55. The van der Waals surface area contributed by atoms with Crippen molar-refractivity contribution in [3.8, 4) is 0 Å². The van der Waals surface area contributed by atoms with Crippen LogP contribution in [0.4, 0.5) is 11.5 Å². The molecule has 5 rings (SSSR count). The first kappa shape index (κ1) is 22.7. The van der Waals surface area contributed by atoms with Crippen molar-refractivity contribution in [3.05, 3.63) is 122 Å². The van der Waals surface area contributed by atoms with E-state index in [0.29, 0.717) is 6.42 Å². The van der Waals surface area contributed by atoms with Crippen LogP contribution in [0.5, 0.6) is 0 Å². The molecule has 0 radical (unpaired) electrons. The Balaban J connectivity index is 1.57. The molecule has 2 heterocycles. The number of hydrogen-bond acceptors (Lipinski definition) is 5. The van der Waals surface area contributed by atoms with Crippen LogP contribution < -0.4 is 21.9 Å². The number of carbonyl (C=O) groups is 1. The standard InChI is InChI=1S/C27H24N4O3S/c28-24-23(25(32)29-27(34)31(24)17-19-11-5-2-6-12-19)30(16-18-9-3-1-4-10-18)26(33)22-15-20-13-7-8-14-21(20)35-22/h1-14,22H,15-17,28H2,(H,29,32,34). The van der Waals surface area contributed by atoms with Crippen molar-refractivity contribution in [2.45, 2.75) is 29.7 Å². The molecule has 0 aliphatic carbocycles. The molecule has 1 aromatic heterocycles. The first-order valence-electron chi connectivity index (χ1n) is 11.3. The van der Waals surface area contributed by atoms with Crippen LogP contribution >= 0.6 is 11.8 Å². The number of aromatic amines is 1. The highest BCUT2D eigenvalue weighted by Gasteiger charge is 2.34. The molecule has 0 saturated carbocycles.